The van der Waals surface area contributed by atoms with Crippen molar-refractivity contribution in [1.29, 1.82) is 0 Å². The predicted molar refractivity (Wildman–Crippen MR) is 35.7 cm³/mol. The fourth-order valence-electron chi connectivity index (χ4n) is 1.89. The second kappa shape index (κ2) is 1.72. The summed E-state index contributed by atoms with van der Waals surface area (Å²) >= 11 is 0. The summed E-state index contributed by atoms with van der Waals surface area (Å²) < 4.78 is 0. The summed E-state index contributed by atoms with van der Waals surface area (Å²) in [5, 5.41) is 11.8. The molecule has 0 radical (unpaired) electrons. The van der Waals surface area contributed by atoms with Crippen LogP contribution >= 0.6 is 0 Å². The van der Waals surface area contributed by atoms with Gasteiger partial charge < -0.3 is 10.4 Å². The highest BCUT2D eigenvalue weighted by atomic mass is 16.4. The Morgan fingerprint density at radius 3 is 2.50 bits per heavy atom. The first-order valence-corrected chi connectivity index (χ1v) is 3.70. The van der Waals surface area contributed by atoms with Gasteiger partial charge >= 0.3 is 5.97 Å². The molecule has 0 aromatic carbocycles. The monoisotopic (exact) mass is 141 g/mol. The lowest BCUT2D eigenvalue weighted by molar-refractivity contribution is -0.149. The molecule has 1 heterocycles. The molecule has 0 bridgehead atoms. The van der Waals surface area contributed by atoms with Gasteiger partial charge in [0, 0.05) is 5.54 Å². The van der Waals surface area contributed by atoms with Crippen LogP contribution in [0.15, 0.2) is 0 Å². The SMILES string of the molecule is O=C(O)C1CC2(CCN2)C1. The Morgan fingerprint density at radius 2 is 2.20 bits per heavy atom. The van der Waals surface area contributed by atoms with Gasteiger partial charge in [0.15, 0.2) is 0 Å². The van der Waals surface area contributed by atoms with Crippen LogP contribution in [-0.2, 0) is 4.79 Å². The third-order valence-corrected chi connectivity index (χ3v) is 2.73. The van der Waals surface area contributed by atoms with Crippen LogP contribution in [0, 0.1) is 5.92 Å². The van der Waals surface area contributed by atoms with E-state index in [1.165, 1.54) is 6.42 Å². The average Bonchev–Trinajstić information content (AvgIpc) is 1.54. The molecule has 2 fully saturated rings. The number of carbonyl (C=O) groups is 1. The second-order valence-electron chi connectivity index (χ2n) is 3.40. The second-order valence-corrected chi connectivity index (χ2v) is 3.40. The highest BCUT2D eigenvalue weighted by molar-refractivity contribution is 5.71. The molecule has 3 heteroatoms. The number of hydrogen-bond acceptors (Lipinski definition) is 2. The maximum atomic E-state index is 10.4. The van der Waals surface area contributed by atoms with Gasteiger partial charge in [-0.05, 0) is 25.8 Å². The van der Waals surface area contributed by atoms with Gasteiger partial charge in [0.2, 0.25) is 0 Å². The van der Waals surface area contributed by atoms with Gasteiger partial charge in [0.25, 0.3) is 0 Å². The number of carboxylic acids is 1. The molecule has 2 aliphatic rings. The highest BCUT2D eigenvalue weighted by Crippen LogP contribution is 2.44. The van der Waals surface area contributed by atoms with E-state index >= 15 is 0 Å². The van der Waals surface area contributed by atoms with Crippen molar-refractivity contribution in [3.63, 3.8) is 0 Å². The lowest BCUT2D eigenvalue weighted by Gasteiger charge is -2.53. The Balaban J connectivity index is 1.88. The zero-order valence-corrected chi connectivity index (χ0v) is 5.76. The Morgan fingerprint density at radius 1 is 1.60 bits per heavy atom. The molecule has 1 saturated heterocycles. The van der Waals surface area contributed by atoms with Crippen molar-refractivity contribution >= 4 is 5.97 Å². The zero-order chi connectivity index (χ0) is 7.19. The summed E-state index contributed by atoms with van der Waals surface area (Å²) in [6.45, 7) is 1.08. The third-order valence-electron chi connectivity index (χ3n) is 2.73. The molecule has 2 rings (SSSR count). The largest absolute Gasteiger partial charge is 0.481 e. The van der Waals surface area contributed by atoms with E-state index < -0.39 is 5.97 Å². The van der Waals surface area contributed by atoms with Gasteiger partial charge in [-0.25, -0.2) is 0 Å². The topological polar surface area (TPSA) is 49.3 Å². The van der Waals surface area contributed by atoms with Crippen LogP contribution in [-0.4, -0.2) is 23.2 Å². The summed E-state index contributed by atoms with van der Waals surface area (Å²) in [4.78, 5) is 10.4. The number of carboxylic acid groups (broad SMARTS) is 1. The van der Waals surface area contributed by atoms with Crippen molar-refractivity contribution in [3.8, 4) is 0 Å². The maximum absolute atomic E-state index is 10.4. The van der Waals surface area contributed by atoms with Crippen molar-refractivity contribution in [1.82, 2.24) is 5.32 Å². The molecule has 0 aromatic rings. The molecule has 1 spiro atoms. The molecule has 0 atom stereocenters. The minimum atomic E-state index is -0.626. The lowest BCUT2D eigenvalue weighted by Crippen LogP contribution is -2.65. The first-order chi connectivity index (χ1) is 4.72. The van der Waals surface area contributed by atoms with E-state index in [-0.39, 0.29) is 11.5 Å². The molecule has 1 aliphatic carbocycles. The van der Waals surface area contributed by atoms with Crippen molar-refractivity contribution in [2.24, 2.45) is 5.92 Å². The molecule has 0 amide bonds. The number of rotatable bonds is 1. The van der Waals surface area contributed by atoms with Gasteiger partial charge in [-0.15, -0.1) is 0 Å². The van der Waals surface area contributed by atoms with E-state index in [9.17, 15) is 4.79 Å². The number of hydrogen-bond donors (Lipinski definition) is 2. The fraction of sp³-hybridized carbons (Fsp3) is 0.857. The number of aliphatic carboxylic acids is 1. The Labute approximate surface area is 59.4 Å². The molecular weight excluding hydrogens is 130 g/mol. The summed E-state index contributed by atoms with van der Waals surface area (Å²) in [5.41, 5.74) is 0.267. The third kappa shape index (κ3) is 0.669. The molecule has 1 aliphatic heterocycles. The Bertz CT molecular complexity index is 166. The molecule has 1 saturated carbocycles. The van der Waals surface area contributed by atoms with Crippen LogP contribution in [0.3, 0.4) is 0 Å². The first kappa shape index (κ1) is 6.16. The Kier molecular flexibility index (Phi) is 1.06. The summed E-state index contributed by atoms with van der Waals surface area (Å²) in [7, 11) is 0. The minimum Gasteiger partial charge on any atom is -0.481 e. The van der Waals surface area contributed by atoms with Crippen LogP contribution < -0.4 is 5.32 Å². The molecule has 0 unspecified atom stereocenters. The summed E-state index contributed by atoms with van der Waals surface area (Å²) in [6, 6.07) is 0. The molecule has 2 N–H and O–H groups in total. The van der Waals surface area contributed by atoms with Crippen LogP contribution in [0.25, 0.3) is 0 Å². The van der Waals surface area contributed by atoms with Crippen molar-refractivity contribution in [2.75, 3.05) is 6.54 Å². The van der Waals surface area contributed by atoms with Crippen LogP contribution in [0.1, 0.15) is 19.3 Å². The van der Waals surface area contributed by atoms with Crippen molar-refractivity contribution < 1.29 is 9.90 Å². The lowest BCUT2D eigenvalue weighted by atomic mass is 9.63. The molecule has 0 aromatic heterocycles. The smallest absolute Gasteiger partial charge is 0.306 e. The van der Waals surface area contributed by atoms with E-state index in [4.69, 9.17) is 5.11 Å². The maximum Gasteiger partial charge on any atom is 0.306 e. The van der Waals surface area contributed by atoms with Gasteiger partial charge in [-0.2, -0.15) is 0 Å². The van der Waals surface area contributed by atoms with Gasteiger partial charge in [-0.3, -0.25) is 4.79 Å². The van der Waals surface area contributed by atoms with E-state index in [0.717, 1.165) is 19.4 Å². The van der Waals surface area contributed by atoms with E-state index in [2.05, 4.69) is 5.32 Å². The predicted octanol–water partition coefficient (Wildman–Crippen LogP) is 0.213. The zero-order valence-electron chi connectivity index (χ0n) is 5.76. The molecule has 3 nitrogen and oxygen atoms in total. The summed E-state index contributed by atoms with van der Waals surface area (Å²) in [6.07, 6.45) is 2.88. The number of nitrogens with one attached hydrogen (secondary N) is 1. The van der Waals surface area contributed by atoms with Crippen molar-refractivity contribution in [3.05, 3.63) is 0 Å². The molecule has 10 heavy (non-hydrogen) atoms. The summed E-state index contributed by atoms with van der Waals surface area (Å²) in [5.74, 6) is -0.688. The van der Waals surface area contributed by atoms with E-state index in [1.807, 2.05) is 0 Å². The fourth-order valence-corrected chi connectivity index (χ4v) is 1.89. The molecule has 56 valence electrons. The van der Waals surface area contributed by atoms with Crippen LogP contribution in [0.4, 0.5) is 0 Å². The van der Waals surface area contributed by atoms with Crippen LogP contribution in [0.2, 0.25) is 0 Å². The van der Waals surface area contributed by atoms with E-state index in [1.54, 1.807) is 0 Å². The van der Waals surface area contributed by atoms with Gasteiger partial charge in [0.1, 0.15) is 0 Å². The standard InChI is InChI=1S/C7H11NO2/c9-6(10)5-3-7(4-5)1-2-8-7/h5,8H,1-4H2,(H,9,10). The van der Waals surface area contributed by atoms with Crippen molar-refractivity contribution in [2.45, 2.75) is 24.8 Å². The average molecular weight is 141 g/mol. The minimum absolute atomic E-state index is 0.0622. The van der Waals surface area contributed by atoms with Crippen LogP contribution in [0.5, 0.6) is 0 Å². The first-order valence-electron chi connectivity index (χ1n) is 3.70. The normalized spacial score (nSPS) is 44.2. The van der Waals surface area contributed by atoms with Gasteiger partial charge in [0.05, 0.1) is 5.92 Å². The highest BCUT2D eigenvalue weighted by Gasteiger charge is 2.50. The van der Waals surface area contributed by atoms with Gasteiger partial charge in [-0.1, -0.05) is 0 Å². The van der Waals surface area contributed by atoms with E-state index in [0.29, 0.717) is 0 Å². The Hall–Kier alpha value is -0.570. The quantitative estimate of drug-likeness (QED) is 0.549. The molecular formula is C7H11NO2.